The Morgan fingerprint density at radius 2 is 2.05 bits per heavy atom. The van der Waals surface area contributed by atoms with Gasteiger partial charge in [0.2, 0.25) is 5.91 Å². The Morgan fingerprint density at radius 3 is 2.74 bits per heavy atom. The Morgan fingerprint density at radius 1 is 1.32 bits per heavy atom. The average Bonchev–Trinajstić information content (AvgIpc) is 2.41. The van der Waals surface area contributed by atoms with Crippen molar-refractivity contribution in [2.75, 3.05) is 40.0 Å². The average molecular weight is 266 g/mol. The van der Waals surface area contributed by atoms with Gasteiger partial charge in [0, 0.05) is 13.6 Å². The first kappa shape index (κ1) is 15.5. The van der Waals surface area contributed by atoms with Crippen molar-refractivity contribution in [1.29, 1.82) is 0 Å². The Balaban J connectivity index is 2.25. The van der Waals surface area contributed by atoms with Crippen LogP contribution in [0.25, 0.3) is 0 Å². The molecule has 0 spiro atoms. The van der Waals surface area contributed by atoms with E-state index in [0.29, 0.717) is 26.3 Å². The van der Waals surface area contributed by atoms with Gasteiger partial charge in [-0.2, -0.15) is 0 Å². The highest BCUT2D eigenvalue weighted by Crippen LogP contribution is 2.15. The van der Waals surface area contributed by atoms with E-state index >= 15 is 0 Å². The molecule has 0 saturated heterocycles. The summed E-state index contributed by atoms with van der Waals surface area (Å²) in [6.45, 7) is 3.87. The zero-order chi connectivity index (χ0) is 14.1. The number of amides is 1. The number of benzene rings is 1. The van der Waals surface area contributed by atoms with Crippen molar-refractivity contribution in [2.24, 2.45) is 5.73 Å². The van der Waals surface area contributed by atoms with Crippen LogP contribution in [0, 0.1) is 6.92 Å². The topological polar surface area (TPSA) is 64.8 Å². The van der Waals surface area contributed by atoms with Crippen molar-refractivity contribution < 1.29 is 14.3 Å². The Labute approximate surface area is 114 Å². The van der Waals surface area contributed by atoms with Crippen LogP contribution in [0.4, 0.5) is 0 Å². The molecule has 5 nitrogen and oxygen atoms in total. The van der Waals surface area contributed by atoms with Crippen molar-refractivity contribution in [3.63, 3.8) is 0 Å². The lowest BCUT2D eigenvalue weighted by molar-refractivity contribution is -0.135. The molecule has 0 fully saturated rings. The van der Waals surface area contributed by atoms with Gasteiger partial charge < -0.3 is 20.1 Å². The highest BCUT2D eigenvalue weighted by Gasteiger charge is 2.08. The third kappa shape index (κ3) is 5.72. The number of carbonyl (C=O) groups excluding carboxylic acids is 1. The van der Waals surface area contributed by atoms with Crippen LogP contribution in [0.15, 0.2) is 24.3 Å². The lowest BCUT2D eigenvalue weighted by Gasteiger charge is -2.18. The molecule has 0 saturated carbocycles. The molecule has 5 heteroatoms. The number of hydrogen-bond acceptors (Lipinski definition) is 4. The van der Waals surface area contributed by atoms with Crippen molar-refractivity contribution in [2.45, 2.75) is 6.92 Å². The second-order valence-corrected chi connectivity index (χ2v) is 4.27. The molecule has 0 atom stereocenters. The van der Waals surface area contributed by atoms with Crippen LogP contribution in [0.1, 0.15) is 5.56 Å². The molecule has 1 aromatic rings. The number of nitrogens with two attached hydrogens (primary N) is 1. The molecule has 0 bridgehead atoms. The number of para-hydroxylation sites is 1. The minimum absolute atomic E-state index is 0.0675. The standard InChI is InChI=1S/C14H22N2O3/c1-12-5-3-4-6-13(12)19-10-8-16(2)14(17)11-18-9-7-15/h3-6H,7-11,15H2,1-2H3. The van der Waals surface area contributed by atoms with Crippen LogP contribution in [-0.2, 0) is 9.53 Å². The maximum atomic E-state index is 11.6. The minimum atomic E-state index is -0.0677. The number of nitrogens with zero attached hydrogens (tertiary/aromatic N) is 1. The van der Waals surface area contributed by atoms with Gasteiger partial charge in [0.1, 0.15) is 19.0 Å². The van der Waals surface area contributed by atoms with Crippen LogP contribution in [0.2, 0.25) is 0 Å². The van der Waals surface area contributed by atoms with E-state index in [2.05, 4.69) is 0 Å². The van der Waals surface area contributed by atoms with Gasteiger partial charge >= 0.3 is 0 Å². The van der Waals surface area contributed by atoms with Crippen molar-refractivity contribution in [3.8, 4) is 5.75 Å². The largest absolute Gasteiger partial charge is 0.491 e. The molecule has 0 aliphatic heterocycles. The van der Waals surface area contributed by atoms with Crippen LogP contribution in [0.3, 0.4) is 0 Å². The Kier molecular flexibility index (Phi) is 6.92. The number of rotatable bonds is 8. The summed E-state index contributed by atoms with van der Waals surface area (Å²) in [5.41, 5.74) is 6.37. The molecule has 0 aromatic heterocycles. The molecule has 1 amide bonds. The van der Waals surface area contributed by atoms with Crippen molar-refractivity contribution in [3.05, 3.63) is 29.8 Å². The Hall–Kier alpha value is -1.59. The molecular formula is C14H22N2O3. The van der Waals surface area contributed by atoms with Crippen molar-refractivity contribution in [1.82, 2.24) is 4.90 Å². The molecule has 19 heavy (non-hydrogen) atoms. The number of ether oxygens (including phenoxy) is 2. The smallest absolute Gasteiger partial charge is 0.248 e. The lowest BCUT2D eigenvalue weighted by Crippen LogP contribution is -2.34. The van der Waals surface area contributed by atoms with Gasteiger partial charge in [-0.3, -0.25) is 4.79 Å². The first-order chi connectivity index (χ1) is 9.15. The highest BCUT2D eigenvalue weighted by molar-refractivity contribution is 5.77. The van der Waals surface area contributed by atoms with E-state index in [1.807, 2.05) is 31.2 Å². The molecule has 0 aliphatic carbocycles. The van der Waals surface area contributed by atoms with Gasteiger partial charge in [-0.05, 0) is 18.6 Å². The summed E-state index contributed by atoms with van der Waals surface area (Å²) >= 11 is 0. The zero-order valence-electron chi connectivity index (χ0n) is 11.6. The Bertz CT molecular complexity index is 396. The fourth-order valence-electron chi connectivity index (χ4n) is 1.49. The first-order valence-electron chi connectivity index (χ1n) is 6.35. The second kappa shape index (κ2) is 8.50. The number of carbonyl (C=O) groups is 1. The van der Waals surface area contributed by atoms with Gasteiger partial charge in [-0.15, -0.1) is 0 Å². The van der Waals surface area contributed by atoms with Crippen LogP contribution in [-0.4, -0.2) is 50.8 Å². The monoisotopic (exact) mass is 266 g/mol. The molecular weight excluding hydrogens is 244 g/mol. The zero-order valence-corrected chi connectivity index (χ0v) is 11.6. The fraction of sp³-hybridized carbons (Fsp3) is 0.500. The van der Waals surface area contributed by atoms with E-state index in [1.54, 1.807) is 11.9 Å². The molecule has 0 heterocycles. The van der Waals surface area contributed by atoms with E-state index in [4.69, 9.17) is 15.2 Å². The third-order valence-corrected chi connectivity index (χ3v) is 2.69. The first-order valence-corrected chi connectivity index (χ1v) is 6.35. The number of aryl methyl sites for hydroxylation is 1. The van der Waals surface area contributed by atoms with E-state index < -0.39 is 0 Å². The van der Waals surface area contributed by atoms with Crippen LogP contribution >= 0.6 is 0 Å². The molecule has 2 N–H and O–H groups in total. The van der Waals surface area contributed by atoms with Crippen LogP contribution < -0.4 is 10.5 Å². The van der Waals surface area contributed by atoms with Gasteiger partial charge in [-0.1, -0.05) is 18.2 Å². The van der Waals surface area contributed by atoms with Gasteiger partial charge in [0.05, 0.1) is 13.2 Å². The summed E-state index contributed by atoms with van der Waals surface area (Å²) in [6.07, 6.45) is 0. The second-order valence-electron chi connectivity index (χ2n) is 4.27. The molecule has 1 rings (SSSR count). The molecule has 0 aliphatic rings. The number of likely N-dealkylation sites (N-methyl/N-ethyl adjacent to an activating group) is 1. The van der Waals surface area contributed by atoms with Gasteiger partial charge in [0.25, 0.3) is 0 Å². The van der Waals surface area contributed by atoms with E-state index in [0.717, 1.165) is 11.3 Å². The quantitative estimate of drug-likeness (QED) is 0.707. The van der Waals surface area contributed by atoms with Gasteiger partial charge in [0.15, 0.2) is 0 Å². The maximum Gasteiger partial charge on any atom is 0.248 e. The van der Waals surface area contributed by atoms with Gasteiger partial charge in [-0.25, -0.2) is 0 Å². The predicted molar refractivity (Wildman–Crippen MR) is 74.2 cm³/mol. The van der Waals surface area contributed by atoms with E-state index in [9.17, 15) is 4.79 Å². The normalized spacial score (nSPS) is 10.3. The van der Waals surface area contributed by atoms with E-state index in [-0.39, 0.29) is 12.5 Å². The third-order valence-electron chi connectivity index (χ3n) is 2.69. The summed E-state index contributed by atoms with van der Waals surface area (Å²) in [5, 5.41) is 0. The number of hydrogen-bond donors (Lipinski definition) is 1. The summed E-state index contributed by atoms with van der Waals surface area (Å²) < 4.78 is 10.7. The lowest BCUT2D eigenvalue weighted by atomic mass is 10.2. The molecule has 0 radical (unpaired) electrons. The fourth-order valence-corrected chi connectivity index (χ4v) is 1.49. The van der Waals surface area contributed by atoms with E-state index in [1.165, 1.54) is 0 Å². The summed E-state index contributed by atoms with van der Waals surface area (Å²) in [4.78, 5) is 13.2. The molecule has 1 aromatic carbocycles. The predicted octanol–water partition coefficient (Wildman–Crippen LogP) is 0.808. The van der Waals surface area contributed by atoms with Crippen molar-refractivity contribution >= 4 is 5.91 Å². The molecule has 106 valence electrons. The SMILES string of the molecule is Cc1ccccc1OCCN(C)C(=O)COCCN. The minimum Gasteiger partial charge on any atom is -0.491 e. The highest BCUT2D eigenvalue weighted by atomic mass is 16.5. The summed E-state index contributed by atoms with van der Waals surface area (Å²) in [5.74, 6) is 0.782. The molecule has 0 unspecified atom stereocenters. The van der Waals surface area contributed by atoms with Crippen LogP contribution in [0.5, 0.6) is 5.75 Å². The summed E-state index contributed by atoms with van der Waals surface area (Å²) in [7, 11) is 1.73. The summed E-state index contributed by atoms with van der Waals surface area (Å²) in [6, 6.07) is 7.80. The maximum absolute atomic E-state index is 11.6.